The van der Waals surface area contributed by atoms with E-state index in [9.17, 15) is 0 Å². The van der Waals surface area contributed by atoms with Gasteiger partial charge in [-0.05, 0) is 0 Å². The van der Waals surface area contributed by atoms with Gasteiger partial charge in [-0.1, -0.05) is 0 Å². The molecule has 0 fully saturated rings. The van der Waals surface area contributed by atoms with Gasteiger partial charge in [-0.25, -0.2) is 0 Å². The Bertz CT molecular complexity index is 772. The van der Waals surface area contributed by atoms with Gasteiger partial charge in [0, 0.05) is 0 Å². The second-order valence-electron chi connectivity index (χ2n) is 9.61. The first-order valence-corrected chi connectivity index (χ1v) is 14.8. The Morgan fingerprint density at radius 1 is 0.781 bits per heavy atom. The second-order valence-corrected chi connectivity index (χ2v) is 15.7. The van der Waals surface area contributed by atoms with Crippen molar-refractivity contribution in [1.82, 2.24) is 0 Å². The Labute approximate surface area is 230 Å². The third-order valence-electron chi connectivity index (χ3n) is 8.70. The fourth-order valence-electron chi connectivity index (χ4n) is 6.31. The standard InChI is InChI=1S/C27H43Si.3ClH.Ti/c1-11-20(6)28(21(7)12-2,27(10)18-19(5)22(8)23(27)9)26-16-24(13-3)15-25(14-4)17-26;;;;/h15-17,20-21H,11-14H2,1-10H3;3*1H;/q;;;;+3/p-3. The second kappa shape index (κ2) is 13.6. The largest absolute Gasteiger partial charge is 1.00 e. The quantitative estimate of drug-likeness (QED) is 0.366. The normalized spacial score (nSPS) is 21.9. The third-order valence-corrected chi connectivity index (χ3v) is 17.9. The maximum absolute atomic E-state index is 2.63. The molecular formula is C27H43Cl3SiTi. The first kappa shape index (κ1) is 34.7. The van der Waals surface area contributed by atoms with Crippen LogP contribution in [0.25, 0.3) is 0 Å². The molecule has 5 heteroatoms. The van der Waals surface area contributed by atoms with Crippen LogP contribution in [0.1, 0.15) is 93.2 Å². The summed E-state index contributed by atoms with van der Waals surface area (Å²) < 4.78 is 1.65. The van der Waals surface area contributed by atoms with Crippen molar-refractivity contribution >= 4 is 13.3 Å². The molecule has 0 saturated carbocycles. The Hall–Kier alpha value is 0.501. The van der Waals surface area contributed by atoms with Gasteiger partial charge in [0.15, 0.2) is 0 Å². The summed E-state index contributed by atoms with van der Waals surface area (Å²) in [5.74, 6) is 0. The molecular weight excluding hydrogens is 507 g/mol. The van der Waals surface area contributed by atoms with Crippen LogP contribution in [-0.4, -0.2) is 8.07 Å². The molecule has 3 unspecified atom stereocenters. The van der Waals surface area contributed by atoms with E-state index in [1.807, 2.05) is 0 Å². The van der Waals surface area contributed by atoms with E-state index < -0.39 is 8.07 Å². The maximum Gasteiger partial charge on any atom is -1.00 e. The molecule has 2 rings (SSSR count). The summed E-state index contributed by atoms with van der Waals surface area (Å²) in [6.07, 6.45) is 4.79. The minimum absolute atomic E-state index is 0. The van der Waals surface area contributed by atoms with Crippen molar-refractivity contribution in [2.24, 2.45) is 0 Å². The molecule has 0 amide bonds. The van der Waals surface area contributed by atoms with Crippen LogP contribution in [0.5, 0.6) is 0 Å². The van der Waals surface area contributed by atoms with Crippen molar-refractivity contribution in [3.8, 4) is 0 Å². The smallest absolute Gasteiger partial charge is 1.00 e. The topological polar surface area (TPSA) is 0 Å². The fraction of sp³-hybridized carbons (Fsp3) is 0.630. The number of hydrogen-bond acceptors (Lipinski definition) is 0. The van der Waals surface area contributed by atoms with E-state index in [-0.39, 0.29) is 42.3 Å². The summed E-state index contributed by atoms with van der Waals surface area (Å²) in [4.78, 5) is 0. The summed E-state index contributed by atoms with van der Waals surface area (Å²) >= 11 is 2.45. The monoisotopic (exact) mass is 548 g/mol. The van der Waals surface area contributed by atoms with Crippen LogP contribution in [0.3, 0.4) is 0 Å². The molecule has 1 aromatic rings. The summed E-state index contributed by atoms with van der Waals surface area (Å²) in [6, 6.07) is 7.70. The number of aryl methyl sites for hydroxylation is 2. The van der Waals surface area contributed by atoms with Gasteiger partial charge in [0.2, 0.25) is 0 Å². The average molecular weight is 550 g/mol. The predicted octanol–water partition coefficient (Wildman–Crippen LogP) is -0.989. The number of allylic oxidation sites excluding steroid dienone is 4. The van der Waals surface area contributed by atoms with Gasteiger partial charge in [-0.2, -0.15) is 0 Å². The Morgan fingerprint density at radius 2 is 1.19 bits per heavy atom. The zero-order chi connectivity index (χ0) is 22.1. The van der Waals surface area contributed by atoms with Gasteiger partial charge in [0.25, 0.3) is 0 Å². The van der Waals surface area contributed by atoms with E-state index in [1.165, 1.54) is 24.0 Å². The molecule has 0 bridgehead atoms. The summed E-state index contributed by atoms with van der Waals surface area (Å²) in [5, 5.41) is 1.92. The Balaban J connectivity index is 0. The maximum atomic E-state index is 2.63. The van der Waals surface area contributed by atoms with Crippen LogP contribution in [0, 0.1) is 0 Å². The van der Waals surface area contributed by atoms with E-state index in [1.54, 1.807) is 25.8 Å². The van der Waals surface area contributed by atoms with Crippen LogP contribution in [-0.2, 0) is 33.3 Å². The van der Waals surface area contributed by atoms with Gasteiger partial charge >= 0.3 is 195 Å². The van der Waals surface area contributed by atoms with Crippen LogP contribution in [0.2, 0.25) is 16.1 Å². The first-order valence-electron chi connectivity index (χ1n) is 11.8. The van der Waals surface area contributed by atoms with E-state index in [0.717, 1.165) is 23.9 Å². The molecule has 1 aliphatic rings. The minimum Gasteiger partial charge on any atom is -1.00 e. The van der Waals surface area contributed by atoms with Gasteiger partial charge in [0.05, 0.1) is 0 Å². The zero-order valence-electron chi connectivity index (χ0n) is 21.8. The molecule has 1 aromatic carbocycles. The number of halogens is 3. The van der Waals surface area contributed by atoms with E-state index in [2.05, 4.69) is 108 Å². The van der Waals surface area contributed by atoms with Crippen molar-refractivity contribution in [3.05, 3.63) is 49.9 Å². The van der Waals surface area contributed by atoms with Crippen molar-refractivity contribution in [2.75, 3.05) is 0 Å². The van der Waals surface area contributed by atoms with E-state index in [0.29, 0.717) is 0 Å². The summed E-state index contributed by atoms with van der Waals surface area (Å²) in [6.45, 7) is 24.5. The predicted molar refractivity (Wildman–Crippen MR) is 129 cm³/mol. The van der Waals surface area contributed by atoms with Crippen molar-refractivity contribution in [2.45, 2.75) is 111 Å². The fourth-order valence-corrected chi connectivity index (χ4v) is 16.1. The molecule has 0 radical (unpaired) electrons. The molecule has 1 aliphatic carbocycles. The minimum atomic E-state index is -1.99. The molecule has 0 spiro atoms. The SMILES string of the molecule is CCc1cc(CC)cc([Si](C(C)CC)(C(C)CC)C2(C)C(C)=C(C)C(C)=[C]2[Ti+3])c1.[Cl-].[Cl-].[Cl-]. The molecule has 180 valence electrons. The molecule has 0 aromatic heterocycles. The average Bonchev–Trinajstić information content (AvgIpc) is 2.89. The van der Waals surface area contributed by atoms with Crippen LogP contribution < -0.4 is 42.4 Å². The van der Waals surface area contributed by atoms with Crippen molar-refractivity contribution < 1.29 is 57.7 Å². The van der Waals surface area contributed by atoms with Gasteiger partial charge < -0.3 is 37.2 Å². The van der Waals surface area contributed by atoms with Crippen LogP contribution in [0.15, 0.2) is 38.8 Å². The number of benzene rings is 1. The number of rotatable bonds is 8. The molecule has 0 heterocycles. The number of hydrogen-bond donors (Lipinski definition) is 0. The van der Waals surface area contributed by atoms with E-state index >= 15 is 0 Å². The third kappa shape index (κ3) is 5.19. The van der Waals surface area contributed by atoms with Crippen LogP contribution in [0.4, 0.5) is 0 Å². The summed E-state index contributed by atoms with van der Waals surface area (Å²) in [5.41, 5.74) is 9.29. The van der Waals surface area contributed by atoms with Gasteiger partial charge in [-0.3, -0.25) is 0 Å². The van der Waals surface area contributed by atoms with Gasteiger partial charge in [-0.15, -0.1) is 0 Å². The molecule has 32 heavy (non-hydrogen) atoms. The van der Waals surface area contributed by atoms with Gasteiger partial charge in [0.1, 0.15) is 0 Å². The molecule has 0 saturated heterocycles. The molecule has 0 nitrogen and oxygen atoms in total. The Morgan fingerprint density at radius 3 is 1.47 bits per heavy atom. The zero-order valence-corrected chi connectivity index (χ0v) is 26.7. The molecule has 3 atom stereocenters. The molecule has 0 aliphatic heterocycles. The van der Waals surface area contributed by atoms with Crippen molar-refractivity contribution in [1.29, 1.82) is 0 Å². The van der Waals surface area contributed by atoms with Crippen molar-refractivity contribution in [3.63, 3.8) is 0 Å². The molecule has 0 N–H and O–H groups in total. The summed E-state index contributed by atoms with van der Waals surface area (Å²) in [7, 11) is -1.99. The van der Waals surface area contributed by atoms with E-state index in [4.69, 9.17) is 0 Å². The first-order chi connectivity index (χ1) is 13.6. The Kier molecular flexibility index (Phi) is 14.7. The van der Waals surface area contributed by atoms with Crippen LogP contribution >= 0.6 is 0 Å².